The predicted octanol–water partition coefficient (Wildman–Crippen LogP) is 3.29. The summed E-state index contributed by atoms with van der Waals surface area (Å²) in [6, 6.07) is 10.8. The summed E-state index contributed by atoms with van der Waals surface area (Å²) in [5.74, 6) is 2.64. The van der Waals surface area contributed by atoms with Crippen LogP contribution in [0.3, 0.4) is 0 Å². The second-order valence-electron chi connectivity index (χ2n) is 6.59. The topological polar surface area (TPSA) is 78.1 Å². The minimum atomic E-state index is -0.365. The van der Waals surface area contributed by atoms with Gasteiger partial charge in [-0.1, -0.05) is 6.07 Å². The molecular formula is C20H22N2O5. The van der Waals surface area contributed by atoms with Crippen molar-refractivity contribution >= 4 is 11.7 Å². The van der Waals surface area contributed by atoms with Crippen molar-refractivity contribution in [3.8, 4) is 23.0 Å². The number of hydrogen-bond acceptors (Lipinski definition) is 5. The van der Waals surface area contributed by atoms with E-state index in [0.29, 0.717) is 30.4 Å². The fourth-order valence-electron chi connectivity index (χ4n) is 3.25. The van der Waals surface area contributed by atoms with Gasteiger partial charge in [-0.15, -0.1) is 0 Å². The Morgan fingerprint density at radius 1 is 0.963 bits per heavy atom. The van der Waals surface area contributed by atoms with Gasteiger partial charge in [-0.2, -0.15) is 0 Å². The minimum absolute atomic E-state index is 0.269. The van der Waals surface area contributed by atoms with Crippen molar-refractivity contribution in [3.63, 3.8) is 0 Å². The number of urea groups is 1. The van der Waals surface area contributed by atoms with Gasteiger partial charge < -0.3 is 29.6 Å². The van der Waals surface area contributed by atoms with E-state index in [2.05, 4.69) is 10.6 Å². The van der Waals surface area contributed by atoms with E-state index < -0.39 is 0 Å². The third-order valence-corrected chi connectivity index (χ3v) is 4.84. The Labute approximate surface area is 157 Å². The van der Waals surface area contributed by atoms with E-state index in [4.69, 9.17) is 18.9 Å². The van der Waals surface area contributed by atoms with Crippen molar-refractivity contribution in [2.75, 3.05) is 32.8 Å². The van der Waals surface area contributed by atoms with Gasteiger partial charge in [0.05, 0.1) is 19.8 Å². The molecule has 0 bridgehead atoms. The van der Waals surface area contributed by atoms with Gasteiger partial charge in [0.25, 0.3) is 0 Å². The molecule has 4 rings (SSSR count). The molecule has 0 unspecified atom stereocenters. The molecule has 1 heterocycles. The Bertz CT molecular complexity index is 863. The number of ether oxygens (including phenoxy) is 4. The average Bonchev–Trinajstić information content (AvgIpc) is 3.47. The molecule has 1 aliphatic heterocycles. The number of carbonyl (C=O) groups is 1. The standard InChI is InChI=1S/C20H22N2O5/c1-24-15-6-4-14(12-17(15)25-2)21-19(23)22-20(7-8-20)13-3-5-16-18(11-13)27-10-9-26-16/h3-6,11-12H,7-10H2,1-2H3,(H2,21,22,23). The van der Waals surface area contributed by atoms with E-state index in [1.807, 2.05) is 18.2 Å². The van der Waals surface area contributed by atoms with Crippen molar-refractivity contribution in [2.24, 2.45) is 0 Å². The van der Waals surface area contributed by atoms with Gasteiger partial charge in [-0.25, -0.2) is 4.79 Å². The highest BCUT2D eigenvalue weighted by Crippen LogP contribution is 2.48. The number of carbonyl (C=O) groups excluding carboxylic acids is 1. The summed E-state index contributed by atoms with van der Waals surface area (Å²) in [6.45, 7) is 1.10. The molecule has 2 amide bonds. The van der Waals surface area contributed by atoms with Crippen LogP contribution in [0.25, 0.3) is 0 Å². The van der Waals surface area contributed by atoms with Crippen molar-refractivity contribution in [1.29, 1.82) is 0 Å². The number of amides is 2. The van der Waals surface area contributed by atoms with Crippen LogP contribution >= 0.6 is 0 Å². The molecule has 2 N–H and O–H groups in total. The normalized spacial score (nSPS) is 16.2. The molecule has 2 aromatic rings. The summed E-state index contributed by atoms with van der Waals surface area (Å²) in [5, 5.41) is 5.94. The van der Waals surface area contributed by atoms with Gasteiger partial charge in [0, 0.05) is 11.8 Å². The third-order valence-electron chi connectivity index (χ3n) is 4.84. The maximum atomic E-state index is 12.5. The van der Waals surface area contributed by atoms with Crippen LogP contribution in [0.2, 0.25) is 0 Å². The number of methoxy groups -OCH3 is 2. The molecule has 1 fully saturated rings. The smallest absolute Gasteiger partial charge is 0.319 e. The molecule has 0 spiro atoms. The molecule has 7 nitrogen and oxygen atoms in total. The number of fused-ring (bicyclic) bond motifs is 1. The second kappa shape index (κ2) is 6.90. The first-order valence-corrected chi connectivity index (χ1v) is 8.85. The second-order valence-corrected chi connectivity index (χ2v) is 6.59. The summed E-state index contributed by atoms with van der Waals surface area (Å²) in [6.07, 6.45) is 1.76. The van der Waals surface area contributed by atoms with Crippen LogP contribution in [0.4, 0.5) is 10.5 Å². The Balaban J connectivity index is 1.46. The van der Waals surface area contributed by atoms with Crippen molar-refractivity contribution in [3.05, 3.63) is 42.0 Å². The number of hydrogen-bond donors (Lipinski definition) is 2. The van der Waals surface area contributed by atoms with Crippen LogP contribution in [-0.4, -0.2) is 33.5 Å². The Kier molecular flexibility index (Phi) is 4.43. The number of rotatable bonds is 5. The molecule has 142 valence electrons. The van der Waals surface area contributed by atoms with E-state index in [0.717, 1.165) is 29.9 Å². The van der Waals surface area contributed by atoms with Crippen LogP contribution < -0.4 is 29.6 Å². The molecule has 0 radical (unpaired) electrons. The molecule has 0 saturated heterocycles. The van der Waals surface area contributed by atoms with Crippen LogP contribution in [0, 0.1) is 0 Å². The molecule has 7 heteroatoms. The molecule has 2 aromatic carbocycles. The molecule has 0 atom stereocenters. The minimum Gasteiger partial charge on any atom is -0.493 e. The fraction of sp³-hybridized carbons (Fsp3) is 0.350. The zero-order valence-electron chi connectivity index (χ0n) is 15.3. The van der Waals surface area contributed by atoms with E-state index in [9.17, 15) is 4.79 Å². The third kappa shape index (κ3) is 3.45. The largest absolute Gasteiger partial charge is 0.493 e. The molecule has 1 aliphatic carbocycles. The number of nitrogens with one attached hydrogen (secondary N) is 2. The van der Waals surface area contributed by atoms with E-state index in [1.165, 1.54) is 0 Å². The Hall–Kier alpha value is -3.09. The van der Waals surface area contributed by atoms with Crippen molar-refractivity contribution in [1.82, 2.24) is 5.32 Å². The summed E-state index contributed by atoms with van der Waals surface area (Å²) in [5.41, 5.74) is 1.29. The fourth-order valence-corrected chi connectivity index (χ4v) is 3.25. The van der Waals surface area contributed by atoms with Gasteiger partial charge >= 0.3 is 6.03 Å². The lowest BCUT2D eigenvalue weighted by Gasteiger charge is -2.23. The molecule has 2 aliphatic rings. The maximum Gasteiger partial charge on any atom is 0.319 e. The zero-order chi connectivity index (χ0) is 18.9. The monoisotopic (exact) mass is 370 g/mol. The molecule has 0 aromatic heterocycles. The van der Waals surface area contributed by atoms with Crippen LogP contribution in [-0.2, 0) is 5.54 Å². The summed E-state index contributed by atoms with van der Waals surface area (Å²) >= 11 is 0. The van der Waals surface area contributed by atoms with Crippen molar-refractivity contribution in [2.45, 2.75) is 18.4 Å². The number of benzene rings is 2. The van der Waals surface area contributed by atoms with Gasteiger partial charge in [0.2, 0.25) is 0 Å². The van der Waals surface area contributed by atoms with Crippen LogP contribution in [0.5, 0.6) is 23.0 Å². The SMILES string of the molecule is COc1ccc(NC(=O)NC2(c3ccc4c(c3)OCCO4)CC2)cc1OC. The van der Waals surface area contributed by atoms with E-state index in [-0.39, 0.29) is 11.6 Å². The Morgan fingerprint density at radius 2 is 1.70 bits per heavy atom. The highest BCUT2D eigenvalue weighted by Gasteiger charge is 2.46. The van der Waals surface area contributed by atoms with Crippen LogP contribution in [0.15, 0.2) is 36.4 Å². The number of anilines is 1. The molecule has 1 saturated carbocycles. The lowest BCUT2D eigenvalue weighted by Crippen LogP contribution is -2.38. The zero-order valence-corrected chi connectivity index (χ0v) is 15.3. The average molecular weight is 370 g/mol. The summed E-state index contributed by atoms with van der Waals surface area (Å²) < 4.78 is 21.7. The quantitative estimate of drug-likeness (QED) is 0.845. The first-order chi connectivity index (χ1) is 13.1. The first kappa shape index (κ1) is 17.3. The van der Waals surface area contributed by atoms with Gasteiger partial charge in [-0.3, -0.25) is 0 Å². The van der Waals surface area contributed by atoms with Crippen LogP contribution in [0.1, 0.15) is 18.4 Å². The van der Waals surface area contributed by atoms with Gasteiger partial charge in [-0.05, 0) is 42.7 Å². The van der Waals surface area contributed by atoms with E-state index in [1.54, 1.807) is 32.4 Å². The maximum absolute atomic E-state index is 12.5. The summed E-state index contributed by atoms with van der Waals surface area (Å²) in [7, 11) is 3.13. The first-order valence-electron chi connectivity index (χ1n) is 8.85. The highest BCUT2D eigenvalue weighted by atomic mass is 16.6. The predicted molar refractivity (Wildman–Crippen MR) is 100 cm³/mol. The molecular weight excluding hydrogens is 348 g/mol. The molecule has 27 heavy (non-hydrogen) atoms. The van der Waals surface area contributed by atoms with Gasteiger partial charge in [0.15, 0.2) is 23.0 Å². The summed E-state index contributed by atoms with van der Waals surface area (Å²) in [4.78, 5) is 12.5. The lowest BCUT2D eigenvalue weighted by atomic mass is 10.0. The van der Waals surface area contributed by atoms with E-state index >= 15 is 0 Å². The Morgan fingerprint density at radius 3 is 2.41 bits per heavy atom. The van der Waals surface area contributed by atoms with Gasteiger partial charge in [0.1, 0.15) is 13.2 Å². The highest BCUT2D eigenvalue weighted by molar-refractivity contribution is 5.90. The van der Waals surface area contributed by atoms with Crippen molar-refractivity contribution < 1.29 is 23.7 Å². The lowest BCUT2D eigenvalue weighted by molar-refractivity contribution is 0.171.